The number of rotatable bonds is 6. The Bertz CT molecular complexity index is 1420. The number of aryl methyl sites for hydroxylation is 1. The van der Waals surface area contributed by atoms with Crippen molar-refractivity contribution in [1.29, 1.82) is 0 Å². The van der Waals surface area contributed by atoms with Crippen LogP contribution in [0.3, 0.4) is 0 Å². The lowest BCUT2D eigenvalue weighted by Gasteiger charge is -2.43. The summed E-state index contributed by atoms with van der Waals surface area (Å²) in [5, 5.41) is 13.2. The van der Waals surface area contributed by atoms with Crippen molar-refractivity contribution in [1.82, 2.24) is 24.8 Å². The highest BCUT2D eigenvalue weighted by Gasteiger charge is 2.60. The number of benzene rings is 1. The minimum atomic E-state index is -0.669. The standard InChI is InChI=1S/C25H23N7O2S/c1-17-27-28-21-10-11-22(29-32(17)21)30-23(33)25(13-4-14-25)31(24(30)35)19-6-8-20(9-7-19)34-16-12-18-5-2-3-15-26-18/h2-3,5-11,15H,4,12-14,16H2,1H3. The summed E-state index contributed by atoms with van der Waals surface area (Å²) in [6.45, 7) is 2.35. The third-order valence-corrected chi connectivity index (χ3v) is 7.04. The van der Waals surface area contributed by atoms with Gasteiger partial charge in [-0.3, -0.25) is 9.78 Å². The number of hydrogen-bond donors (Lipinski definition) is 0. The highest BCUT2D eigenvalue weighted by molar-refractivity contribution is 7.81. The SMILES string of the molecule is Cc1nnc2ccc(N3C(=O)C4(CCC4)N(c4ccc(OCCc5ccccn5)cc4)C3=S)nn12. The minimum Gasteiger partial charge on any atom is -0.493 e. The Labute approximate surface area is 207 Å². The van der Waals surface area contributed by atoms with Gasteiger partial charge in [-0.15, -0.1) is 15.3 Å². The molecule has 2 fully saturated rings. The number of hydrogen-bond acceptors (Lipinski definition) is 7. The molecule has 4 heterocycles. The van der Waals surface area contributed by atoms with Crippen LogP contribution in [0.5, 0.6) is 5.75 Å². The zero-order chi connectivity index (χ0) is 24.0. The number of fused-ring (bicyclic) bond motifs is 1. The predicted octanol–water partition coefficient (Wildman–Crippen LogP) is 3.51. The maximum atomic E-state index is 13.7. The molecular formula is C25H23N7O2S. The van der Waals surface area contributed by atoms with Crippen LogP contribution in [0.4, 0.5) is 11.5 Å². The minimum absolute atomic E-state index is 0.0398. The van der Waals surface area contributed by atoms with E-state index in [1.54, 1.807) is 27.7 Å². The lowest BCUT2D eigenvalue weighted by molar-refractivity contribution is -0.123. The second kappa shape index (κ2) is 8.38. The molecule has 1 aliphatic heterocycles. The van der Waals surface area contributed by atoms with Gasteiger partial charge in [0, 0.05) is 24.0 Å². The number of carbonyl (C=O) groups excluding carboxylic acids is 1. The van der Waals surface area contributed by atoms with Crippen LogP contribution in [0.25, 0.3) is 5.65 Å². The highest BCUT2D eigenvalue weighted by Crippen LogP contribution is 2.47. The molecule has 0 bridgehead atoms. The molecule has 0 unspecified atom stereocenters. The first-order valence-electron chi connectivity index (χ1n) is 11.6. The lowest BCUT2D eigenvalue weighted by Crippen LogP contribution is -2.55. The smallest absolute Gasteiger partial charge is 0.260 e. The first-order valence-corrected chi connectivity index (χ1v) is 12.0. The fourth-order valence-electron chi connectivity index (χ4n) is 4.70. The lowest BCUT2D eigenvalue weighted by atomic mass is 9.75. The molecule has 6 rings (SSSR count). The third-order valence-electron chi connectivity index (χ3n) is 6.67. The molecule has 35 heavy (non-hydrogen) atoms. The maximum Gasteiger partial charge on any atom is 0.260 e. The van der Waals surface area contributed by atoms with Gasteiger partial charge in [0.25, 0.3) is 5.91 Å². The number of amides is 1. The molecule has 0 N–H and O–H groups in total. The maximum absolute atomic E-state index is 13.7. The fourth-order valence-corrected chi connectivity index (χ4v) is 5.16. The number of carbonyl (C=O) groups is 1. The van der Waals surface area contributed by atoms with E-state index >= 15 is 0 Å². The molecule has 1 aliphatic carbocycles. The first-order chi connectivity index (χ1) is 17.1. The van der Waals surface area contributed by atoms with Gasteiger partial charge in [-0.1, -0.05) is 6.07 Å². The summed E-state index contributed by atoms with van der Waals surface area (Å²) < 4.78 is 7.53. The number of ether oxygens (including phenoxy) is 1. The van der Waals surface area contributed by atoms with Crippen LogP contribution < -0.4 is 14.5 Å². The molecule has 1 saturated carbocycles. The topological polar surface area (TPSA) is 88.8 Å². The Kier molecular flexibility index (Phi) is 5.18. The van der Waals surface area contributed by atoms with Gasteiger partial charge in [-0.25, -0.2) is 4.90 Å². The van der Waals surface area contributed by atoms with Gasteiger partial charge in [0.05, 0.1) is 6.61 Å². The Balaban J connectivity index is 1.24. The summed E-state index contributed by atoms with van der Waals surface area (Å²) in [6, 6.07) is 17.2. The van der Waals surface area contributed by atoms with Crippen LogP contribution >= 0.6 is 12.2 Å². The largest absolute Gasteiger partial charge is 0.493 e. The second-order valence-electron chi connectivity index (χ2n) is 8.77. The summed E-state index contributed by atoms with van der Waals surface area (Å²) in [5.41, 5.74) is 1.81. The van der Waals surface area contributed by atoms with Gasteiger partial charge >= 0.3 is 0 Å². The Morgan fingerprint density at radius 2 is 1.89 bits per heavy atom. The molecule has 1 spiro atoms. The van der Waals surface area contributed by atoms with Crippen molar-refractivity contribution in [2.45, 2.75) is 38.1 Å². The quantitative estimate of drug-likeness (QED) is 0.384. The summed E-state index contributed by atoms with van der Waals surface area (Å²) in [5.74, 6) is 1.84. The summed E-state index contributed by atoms with van der Waals surface area (Å²) in [4.78, 5) is 21.5. The van der Waals surface area contributed by atoms with Crippen molar-refractivity contribution in [2.75, 3.05) is 16.4 Å². The van der Waals surface area contributed by atoms with E-state index in [1.807, 2.05) is 54.3 Å². The molecule has 1 saturated heterocycles. The van der Waals surface area contributed by atoms with Crippen molar-refractivity contribution in [3.8, 4) is 5.75 Å². The van der Waals surface area contributed by atoms with Crippen molar-refractivity contribution < 1.29 is 9.53 Å². The van der Waals surface area contributed by atoms with Gasteiger partial charge in [-0.2, -0.15) is 4.52 Å². The number of thiocarbonyl (C=S) groups is 1. The summed E-state index contributed by atoms with van der Waals surface area (Å²) in [6.07, 6.45) is 4.99. The zero-order valence-corrected chi connectivity index (χ0v) is 20.0. The highest BCUT2D eigenvalue weighted by atomic mass is 32.1. The van der Waals surface area contributed by atoms with Crippen molar-refractivity contribution in [3.05, 3.63) is 72.3 Å². The Hall–Kier alpha value is -3.92. The summed E-state index contributed by atoms with van der Waals surface area (Å²) in [7, 11) is 0. The van der Waals surface area contributed by atoms with Gasteiger partial charge in [0.1, 0.15) is 11.3 Å². The van der Waals surface area contributed by atoms with E-state index in [1.165, 1.54) is 0 Å². The van der Waals surface area contributed by atoms with E-state index in [4.69, 9.17) is 17.0 Å². The molecule has 10 heteroatoms. The molecule has 1 aromatic carbocycles. The predicted molar refractivity (Wildman–Crippen MR) is 135 cm³/mol. The van der Waals surface area contributed by atoms with Gasteiger partial charge in [0.15, 0.2) is 22.4 Å². The average molecular weight is 486 g/mol. The van der Waals surface area contributed by atoms with Crippen molar-refractivity contribution in [2.24, 2.45) is 0 Å². The fraction of sp³-hybridized carbons (Fsp3) is 0.280. The van der Waals surface area contributed by atoms with Crippen LogP contribution in [0.1, 0.15) is 30.8 Å². The molecule has 2 aliphatic rings. The number of aromatic nitrogens is 5. The van der Waals surface area contributed by atoms with Crippen LogP contribution in [0.15, 0.2) is 60.8 Å². The molecule has 9 nitrogen and oxygen atoms in total. The van der Waals surface area contributed by atoms with Crippen LogP contribution in [0.2, 0.25) is 0 Å². The van der Waals surface area contributed by atoms with Gasteiger partial charge in [0.2, 0.25) is 0 Å². The van der Waals surface area contributed by atoms with Crippen LogP contribution in [0, 0.1) is 6.92 Å². The first kappa shape index (κ1) is 21.6. The second-order valence-corrected chi connectivity index (χ2v) is 9.13. The third kappa shape index (κ3) is 3.52. The molecular weight excluding hydrogens is 462 g/mol. The van der Waals surface area contributed by atoms with E-state index < -0.39 is 5.54 Å². The van der Waals surface area contributed by atoms with Crippen molar-refractivity contribution in [3.63, 3.8) is 0 Å². The van der Waals surface area contributed by atoms with Gasteiger partial charge in [-0.05, 0) is 86.9 Å². The number of pyridine rings is 1. The van der Waals surface area contributed by atoms with Gasteiger partial charge < -0.3 is 9.64 Å². The monoisotopic (exact) mass is 485 g/mol. The number of anilines is 2. The summed E-state index contributed by atoms with van der Waals surface area (Å²) >= 11 is 5.86. The van der Waals surface area contributed by atoms with Crippen molar-refractivity contribution >= 4 is 40.4 Å². The average Bonchev–Trinajstić information content (AvgIpc) is 3.34. The van der Waals surface area contributed by atoms with E-state index in [2.05, 4.69) is 20.3 Å². The van der Waals surface area contributed by atoms with Crippen LogP contribution in [-0.4, -0.2) is 48.0 Å². The van der Waals surface area contributed by atoms with E-state index in [0.29, 0.717) is 29.0 Å². The number of nitrogens with zero attached hydrogens (tertiary/aromatic N) is 7. The normalized spacial score (nSPS) is 16.8. The van der Waals surface area contributed by atoms with E-state index in [0.717, 1.165) is 42.8 Å². The van der Waals surface area contributed by atoms with E-state index in [-0.39, 0.29) is 5.91 Å². The molecule has 176 valence electrons. The van der Waals surface area contributed by atoms with E-state index in [9.17, 15) is 4.79 Å². The molecule has 1 amide bonds. The molecule has 0 radical (unpaired) electrons. The Morgan fingerprint density at radius 3 is 2.60 bits per heavy atom. The molecule has 4 aromatic rings. The van der Waals surface area contributed by atoms with Crippen LogP contribution in [-0.2, 0) is 11.2 Å². The Morgan fingerprint density at radius 1 is 1.06 bits per heavy atom. The molecule has 0 atom stereocenters. The molecule has 3 aromatic heterocycles. The zero-order valence-electron chi connectivity index (χ0n) is 19.2.